The van der Waals surface area contributed by atoms with Gasteiger partial charge in [-0.15, -0.1) is 0 Å². The average molecular weight is 419 g/mol. The van der Waals surface area contributed by atoms with Gasteiger partial charge in [-0.05, 0) is 37.1 Å². The predicted molar refractivity (Wildman–Crippen MR) is 101 cm³/mol. The number of hydrogen-bond donors (Lipinski definition) is 4. The summed E-state index contributed by atoms with van der Waals surface area (Å²) in [7, 11) is -3.66. The number of sulfonamides is 1. The molecular weight excluding hydrogens is 390 g/mol. The minimum absolute atomic E-state index is 0.0625. The summed E-state index contributed by atoms with van der Waals surface area (Å²) >= 11 is 0. The lowest BCUT2D eigenvalue weighted by Gasteiger charge is -2.21. The molecule has 10 heteroatoms. The second-order valence-corrected chi connectivity index (χ2v) is 8.27. The van der Waals surface area contributed by atoms with Gasteiger partial charge >= 0.3 is 5.97 Å². The van der Waals surface area contributed by atoms with E-state index in [1.165, 1.54) is 28.6 Å². The fourth-order valence-electron chi connectivity index (χ4n) is 2.47. The van der Waals surface area contributed by atoms with E-state index in [1.54, 1.807) is 0 Å². The quantitative estimate of drug-likeness (QED) is 0.339. The molecule has 0 aromatic heterocycles. The zero-order valence-electron chi connectivity index (χ0n) is 16.1. The van der Waals surface area contributed by atoms with Crippen LogP contribution >= 0.6 is 0 Å². The number of hydrogen-bond acceptors (Lipinski definition) is 8. The fourth-order valence-corrected chi connectivity index (χ4v) is 4.09. The van der Waals surface area contributed by atoms with Gasteiger partial charge in [-0.25, -0.2) is 13.2 Å². The first-order valence-corrected chi connectivity index (χ1v) is 10.5. The van der Waals surface area contributed by atoms with E-state index in [0.717, 1.165) is 0 Å². The van der Waals surface area contributed by atoms with Crippen molar-refractivity contribution in [3.63, 3.8) is 0 Å². The van der Waals surface area contributed by atoms with Crippen molar-refractivity contribution in [2.24, 2.45) is 0 Å². The Hall–Kier alpha value is -1.56. The smallest absolute Gasteiger partial charge is 0.338 e. The van der Waals surface area contributed by atoms with Crippen molar-refractivity contribution in [3.05, 3.63) is 29.8 Å². The molecule has 0 fully saturated rings. The SMILES string of the molecule is CCCN(CCC)S(=O)(=O)c1ccc(C(=O)OC[C@@H](O)[C@H](O)[C@@H](O)CO)cc1. The number of rotatable bonds is 12. The van der Waals surface area contributed by atoms with Crippen molar-refractivity contribution >= 4 is 16.0 Å². The van der Waals surface area contributed by atoms with Crippen LogP contribution in [0.1, 0.15) is 37.0 Å². The summed E-state index contributed by atoms with van der Waals surface area (Å²) in [4.78, 5) is 12.1. The van der Waals surface area contributed by atoms with Crippen LogP contribution in [-0.2, 0) is 14.8 Å². The van der Waals surface area contributed by atoms with Gasteiger partial charge in [0.1, 0.15) is 24.9 Å². The molecule has 3 atom stereocenters. The van der Waals surface area contributed by atoms with E-state index in [2.05, 4.69) is 0 Å². The first-order valence-electron chi connectivity index (χ1n) is 9.11. The topological polar surface area (TPSA) is 145 Å². The second-order valence-electron chi connectivity index (χ2n) is 6.33. The Labute approximate surface area is 165 Å². The molecule has 0 amide bonds. The summed E-state index contributed by atoms with van der Waals surface area (Å²) in [5.74, 6) is -0.826. The van der Waals surface area contributed by atoms with Crippen molar-refractivity contribution in [2.45, 2.75) is 49.9 Å². The Morgan fingerprint density at radius 2 is 1.57 bits per heavy atom. The highest BCUT2D eigenvalue weighted by Crippen LogP contribution is 2.18. The van der Waals surface area contributed by atoms with Gasteiger partial charge in [-0.3, -0.25) is 0 Å². The number of carbonyl (C=O) groups excluding carboxylic acids is 1. The summed E-state index contributed by atoms with van der Waals surface area (Å²) < 4.78 is 31.6. The van der Waals surface area contributed by atoms with E-state index < -0.39 is 47.5 Å². The van der Waals surface area contributed by atoms with Crippen LogP contribution in [0.25, 0.3) is 0 Å². The summed E-state index contributed by atoms with van der Waals surface area (Å²) in [6, 6.07) is 5.23. The van der Waals surface area contributed by atoms with Gasteiger partial charge < -0.3 is 25.2 Å². The van der Waals surface area contributed by atoms with Gasteiger partial charge in [-0.1, -0.05) is 13.8 Å². The molecule has 0 spiro atoms. The van der Waals surface area contributed by atoms with Crippen LogP contribution in [0.5, 0.6) is 0 Å². The molecule has 0 bridgehead atoms. The minimum Gasteiger partial charge on any atom is -0.459 e. The van der Waals surface area contributed by atoms with Gasteiger partial charge in [-0.2, -0.15) is 4.31 Å². The molecule has 160 valence electrons. The first-order chi connectivity index (χ1) is 13.2. The summed E-state index contributed by atoms with van der Waals surface area (Å²) in [5, 5.41) is 37.1. The zero-order chi connectivity index (χ0) is 21.3. The van der Waals surface area contributed by atoms with Gasteiger partial charge in [0.25, 0.3) is 0 Å². The monoisotopic (exact) mass is 419 g/mol. The third-order valence-corrected chi connectivity index (χ3v) is 5.95. The van der Waals surface area contributed by atoms with E-state index in [0.29, 0.717) is 25.9 Å². The number of ether oxygens (including phenoxy) is 1. The molecule has 0 aliphatic carbocycles. The number of carbonyl (C=O) groups is 1. The van der Waals surface area contributed by atoms with Gasteiger partial charge in [0.2, 0.25) is 10.0 Å². The van der Waals surface area contributed by atoms with Gasteiger partial charge in [0, 0.05) is 13.1 Å². The van der Waals surface area contributed by atoms with E-state index in [9.17, 15) is 28.5 Å². The number of benzene rings is 1. The molecule has 0 heterocycles. The third-order valence-electron chi connectivity index (χ3n) is 4.03. The fraction of sp³-hybridized carbons (Fsp3) is 0.611. The van der Waals surface area contributed by atoms with E-state index in [4.69, 9.17) is 9.84 Å². The van der Waals surface area contributed by atoms with E-state index in [1.807, 2.05) is 13.8 Å². The Morgan fingerprint density at radius 1 is 1.04 bits per heavy atom. The van der Waals surface area contributed by atoms with Crippen molar-refractivity contribution in [3.8, 4) is 0 Å². The third kappa shape index (κ3) is 6.50. The Bertz CT molecular complexity index is 701. The van der Waals surface area contributed by atoms with Crippen LogP contribution in [0.15, 0.2) is 29.2 Å². The number of esters is 1. The predicted octanol–water partition coefficient (Wildman–Crippen LogP) is -0.271. The maximum Gasteiger partial charge on any atom is 0.338 e. The van der Waals surface area contributed by atoms with Crippen molar-refractivity contribution < 1.29 is 38.4 Å². The number of aliphatic hydroxyl groups is 4. The Morgan fingerprint density at radius 3 is 2.04 bits per heavy atom. The second kappa shape index (κ2) is 11.4. The maximum atomic E-state index is 12.7. The average Bonchev–Trinajstić information content (AvgIpc) is 2.70. The molecule has 0 saturated carbocycles. The van der Waals surface area contributed by atoms with Crippen LogP contribution in [0, 0.1) is 0 Å². The molecule has 28 heavy (non-hydrogen) atoms. The normalized spacial score (nSPS) is 15.2. The lowest BCUT2D eigenvalue weighted by molar-refractivity contribution is -0.0925. The Kier molecular flexibility index (Phi) is 10.0. The van der Waals surface area contributed by atoms with Crippen molar-refractivity contribution in [1.82, 2.24) is 4.31 Å². The zero-order valence-corrected chi connectivity index (χ0v) is 16.9. The van der Waals surface area contributed by atoms with Crippen LogP contribution in [0.2, 0.25) is 0 Å². The molecule has 0 aliphatic heterocycles. The highest BCUT2D eigenvalue weighted by Gasteiger charge is 2.26. The lowest BCUT2D eigenvalue weighted by atomic mass is 10.1. The molecule has 0 radical (unpaired) electrons. The summed E-state index contributed by atoms with van der Waals surface area (Å²) in [6.07, 6.45) is -3.45. The molecule has 0 aliphatic rings. The van der Waals surface area contributed by atoms with Crippen molar-refractivity contribution in [2.75, 3.05) is 26.3 Å². The minimum atomic E-state index is -3.66. The first kappa shape index (κ1) is 24.5. The number of nitrogens with zero attached hydrogens (tertiary/aromatic N) is 1. The van der Waals surface area contributed by atoms with Crippen LogP contribution in [-0.4, -0.2) is 83.7 Å². The largest absolute Gasteiger partial charge is 0.459 e. The highest BCUT2D eigenvalue weighted by molar-refractivity contribution is 7.89. The van der Waals surface area contributed by atoms with Crippen LogP contribution in [0.4, 0.5) is 0 Å². The Balaban J connectivity index is 2.79. The molecule has 0 saturated heterocycles. The molecular formula is C18H29NO8S. The highest BCUT2D eigenvalue weighted by atomic mass is 32.2. The standard InChI is InChI=1S/C18H29NO8S/c1-3-9-19(10-4-2)28(25,26)14-7-5-13(6-8-14)18(24)27-12-16(22)17(23)15(21)11-20/h5-8,15-17,20-23H,3-4,9-12H2,1-2H3/t15-,16+,17+/m0/s1. The van der Waals surface area contributed by atoms with E-state index in [-0.39, 0.29) is 10.5 Å². The molecule has 1 rings (SSSR count). The molecule has 1 aromatic carbocycles. The molecule has 9 nitrogen and oxygen atoms in total. The van der Waals surface area contributed by atoms with Crippen molar-refractivity contribution in [1.29, 1.82) is 0 Å². The molecule has 4 N–H and O–H groups in total. The molecule has 1 aromatic rings. The maximum absolute atomic E-state index is 12.7. The summed E-state index contributed by atoms with van der Waals surface area (Å²) in [5.41, 5.74) is 0.0703. The molecule has 0 unspecified atom stereocenters. The van der Waals surface area contributed by atoms with Gasteiger partial charge in [0.15, 0.2) is 0 Å². The lowest BCUT2D eigenvalue weighted by Crippen LogP contribution is -2.42. The van der Waals surface area contributed by atoms with Gasteiger partial charge in [0.05, 0.1) is 17.1 Å². The van der Waals surface area contributed by atoms with Crippen LogP contribution < -0.4 is 0 Å². The van der Waals surface area contributed by atoms with Crippen LogP contribution in [0.3, 0.4) is 0 Å². The summed E-state index contributed by atoms with van der Waals surface area (Å²) in [6.45, 7) is 3.23. The number of aliphatic hydroxyl groups excluding tert-OH is 4. The van der Waals surface area contributed by atoms with E-state index >= 15 is 0 Å².